The number of halogens is 2. The molecule has 0 spiro atoms. The van der Waals surface area contributed by atoms with E-state index in [4.69, 9.17) is 27.6 Å². The van der Waals surface area contributed by atoms with Gasteiger partial charge in [0.05, 0.1) is 0 Å². The minimum absolute atomic E-state index is 0.160. The molecule has 2 aliphatic rings. The Morgan fingerprint density at radius 2 is 1.21 bits per heavy atom. The van der Waals surface area contributed by atoms with Crippen molar-refractivity contribution in [2.75, 3.05) is 0 Å². The van der Waals surface area contributed by atoms with E-state index in [0.717, 1.165) is 44.5 Å². The molecular weight excluding hydrogens is 463 g/mol. The molecule has 164 valence electrons. The van der Waals surface area contributed by atoms with Crippen LogP contribution in [0.2, 0.25) is 10.0 Å². The van der Waals surface area contributed by atoms with Gasteiger partial charge in [-0.15, -0.1) is 0 Å². The molecule has 1 aliphatic carbocycles. The van der Waals surface area contributed by atoms with Gasteiger partial charge in [-0.25, -0.2) is 0 Å². The first-order valence-electron chi connectivity index (χ1n) is 10.9. The Kier molecular flexibility index (Phi) is 5.06. The van der Waals surface area contributed by atoms with E-state index in [2.05, 4.69) is 18.2 Å². The molecular formula is C30H18Cl2O2. The summed E-state index contributed by atoms with van der Waals surface area (Å²) in [6, 6.07) is 33.1. The largest absolute Gasteiger partial charge is 0.507 e. The minimum atomic E-state index is 0.160. The van der Waals surface area contributed by atoms with Crippen LogP contribution in [0, 0.1) is 0 Å². The molecule has 0 radical (unpaired) electrons. The normalized spacial score (nSPS) is 11.4. The lowest BCUT2D eigenvalue weighted by atomic mass is 9.92. The average molecular weight is 481 g/mol. The van der Waals surface area contributed by atoms with Crippen LogP contribution in [0.3, 0.4) is 0 Å². The number of benzene rings is 4. The van der Waals surface area contributed by atoms with Crippen LogP contribution < -0.4 is 0 Å². The summed E-state index contributed by atoms with van der Waals surface area (Å²) in [7, 11) is 0. The van der Waals surface area contributed by atoms with Gasteiger partial charge in [-0.1, -0.05) is 83.9 Å². The summed E-state index contributed by atoms with van der Waals surface area (Å²) in [6.07, 6.45) is 0. The Morgan fingerprint density at radius 1 is 0.559 bits per heavy atom. The fourth-order valence-corrected chi connectivity index (χ4v) is 4.94. The molecule has 0 aromatic heterocycles. The Hall–Kier alpha value is -3.72. The van der Waals surface area contributed by atoms with Gasteiger partial charge in [0.25, 0.3) is 0 Å². The predicted octanol–water partition coefficient (Wildman–Crippen LogP) is 9.55. The zero-order valence-electron chi connectivity index (χ0n) is 17.9. The van der Waals surface area contributed by atoms with E-state index in [9.17, 15) is 5.11 Å². The molecule has 34 heavy (non-hydrogen) atoms. The highest BCUT2D eigenvalue weighted by molar-refractivity contribution is 6.32. The molecule has 0 saturated carbocycles. The average Bonchev–Trinajstić information content (AvgIpc) is 3.27. The van der Waals surface area contributed by atoms with Crippen molar-refractivity contribution in [1.29, 1.82) is 0 Å². The van der Waals surface area contributed by atoms with Crippen molar-refractivity contribution in [3.8, 4) is 50.5 Å². The van der Waals surface area contributed by atoms with Crippen LogP contribution in [0.1, 0.15) is 0 Å². The van der Waals surface area contributed by atoms with E-state index in [1.807, 2.05) is 66.7 Å². The van der Waals surface area contributed by atoms with Gasteiger partial charge in [0, 0.05) is 37.7 Å². The molecule has 0 unspecified atom stereocenters. The maximum Gasteiger partial charge on any atom is 0.143 e. The molecule has 0 atom stereocenters. The fourth-order valence-electron chi connectivity index (χ4n) is 4.60. The SMILES string of the molecule is Oc1ccc(Cl)cc1-c1cc(-c2ccccc2)c2c(-c3ccccc3)oc3ccc(Cl)cc3c1-2. The third-order valence-electron chi connectivity index (χ3n) is 6.10. The van der Waals surface area contributed by atoms with E-state index in [-0.39, 0.29) is 5.75 Å². The van der Waals surface area contributed by atoms with Crippen molar-refractivity contribution in [2.24, 2.45) is 0 Å². The second kappa shape index (κ2) is 8.25. The van der Waals surface area contributed by atoms with Crippen LogP contribution in [-0.2, 0) is 0 Å². The van der Waals surface area contributed by atoms with Crippen molar-refractivity contribution in [3.05, 3.63) is 113 Å². The monoisotopic (exact) mass is 480 g/mol. The van der Waals surface area contributed by atoms with Gasteiger partial charge < -0.3 is 9.52 Å². The Morgan fingerprint density at radius 3 is 1.94 bits per heavy atom. The summed E-state index contributed by atoms with van der Waals surface area (Å²) in [5.74, 6) is 0.921. The molecule has 2 nitrogen and oxygen atoms in total. The highest BCUT2D eigenvalue weighted by Gasteiger charge is 2.28. The summed E-state index contributed by atoms with van der Waals surface area (Å²) >= 11 is 12.8. The van der Waals surface area contributed by atoms with Gasteiger partial charge in [0.2, 0.25) is 0 Å². The zero-order chi connectivity index (χ0) is 23.2. The first-order chi connectivity index (χ1) is 16.6. The van der Waals surface area contributed by atoms with Crippen LogP contribution in [0.4, 0.5) is 0 Å². The third kappa shape index (κ3) is 3.43. The van der Waals surface area contributed by atoms with Crippen LogP contribution in [0.15, 0.2) is 108 Å². The molecule has 0 bridgehead atoms. The van der Waals surface area contributed by atoms with E-state index in [1.165, 1.54) is 0 Å². The number of hydrogen-bond acceptors (Lipinski definition) is 2. The lowest BCUT2D eigenvalue weighted by Gasteiger charge is -2.16. The summed E-state index contributed by atoms with van der Waals surface area (Å²) in [5, 5.41) is 12.9. The van der Waals surface area contributed by atoms with Gasteiger partial charge in [-0.05, 0) is 59.2 Å². The van der Waals surface area contributed by atoms with Crippen LogP contribution in [-0.4, -0.2) is 5.11 Å². The molecule has 0 saturated heterocycles. The molecule has 4 aromatic rings. The summed E-state index contributed by atoms with van der Waals surface area (Å²) in [5.41, 5.74) is 7.18. The van der Waals surface area contributed by atoms with Gasteiger partial charge in [0.1, 0.15) is 17.1 Å². The molecule has 6 rings (SSSR count). The quantitative estimate of drug-likeness (QED) is 0.273. The fraction of sp³-hybridized carbons (Fsp3) is 0. The summed E-state index contributed by atoms with van der Waals surface area (Å²) < 4.78 is 6.53. The molecule has 4 heteroatoms. The number of aromatic hydroxyl groups is 1. The molecule has 0 amide bonds. The van der Waals surface area contributed by atoms with Gasteiger partial charge in [-0.2, -0.15) is 0 Å². The first kappa shape index (κ1) is 20.9. The van der Waals surface area contributed by atoms with Crippen molar-refractivity contribution in [2.45, 2.75) is 0 Å². The number of rotatable bonds is 3. The second-order valence-corrected chi connectivity index (χ2v) is 9.06. The smallest absolute Gasteiger partial charge is 0.143 e. The first-order valence-corrected chi connectivity index (χ1v) is 11.6. The molecule has 0 fully saturated rings. The number of fused-ring (bicyclic) bond motifs is 3. The van der Waals surface area contributed by atoms with Crippen LogP contribution in [0.25, 0.3) is 55.7 Å². The molecule has 1 aliphatic heterocycles. The van der Waals surface area contributed by atoms with E-state index >= 15 is 0 Å². The van der Waals surface area contributed by atoms with E-state index in [0.29, 0.717) is 21.2 Å². The maximum atomic E-state index is 10.8. The summed E-state index contributed by atoms with van der Waals surface area (Å²) in [6.45, 7) is 0. The highest BCUT2D eigenvalue weighted by Crippen LogP contribution is 2.53. The summed E-state index contributed by atoms with van der Waals surface area (Å²) in [4.78, 5) is 0. The van der Waals surface area contributed by atoms with E-state index < -0.39 is 0 Å². The van der Waals surface area contributed by atoms with Gasteiger partial charge in [-0.3, -0.25) is 0 Å². The molecule has 4 aromatic carbocycles. The van der Waals surface area contributed by atoms with Crippen molar-refractivity contribution >= 4 is 34.2 Å². The lowest BCUT2D eigenvalue weighted by Crippen LogP contribution is -1.90. The third-order valence-corrected chi connectivity index (χ3v) is 6.57. The molecule has 1 heterocycles. The standard InChI is InChI=1S/C30H18Cl2O2/c31-20-11-13-26(33)23(15-20)24-17-22(18-7-3-1-4-8-18)29-28(24)25-16-21(32)12-14-27(25)34-30(29)19-9-5-2-6-10-19/h1-17,33H. The second-order valence-electron chi connectivity index (χ2n) is 8.19. The number of phenolic OH excluding ortho intramolecular Hbond substituents is 1. The van der Waals surface area contributed by atoms with Crippen molar-refractivity contribution in [3.63, 3.8) is 0 Å². The van der Waals surface area contributed by atoms with Gasteiger partial charge >= 0.3 is 0 Å². The van der Waals surface area contributed by atoms with Crippen LogP contribution in [0.5, 0.6) is 5.75 Å². The minimum Gasteiger partial charge on any atom is -0.507 e. The van der Waals surface area contributed by atoms with Crippen molar-refractivity contribution < 1.29 is 9.52 Å². The van der Waals surface area contributed by atoms with Crippen LogP contribution >= 0.6 is 23.2 Å². The number of phenols is 1. The van der Waals surface area contributed by atoms with Gasteiger partial charge in [0.15, 0.2) is 0 Å². The Balaban J connectivity index is 1.82. The van der Waals surface area contributed by atoms with Crippen molar-refractivity contribution in [1.82, 2.24) is 0 Å². The predicted molar refractivity (Wildman–Crippen MR) is 141 cm³/mol. The molecule has 1 N–H and O–H groups in total. The highest BCUT2D eigenvalue weighted by atomic mass is 35.5. The zero-order valence-corrected chi connectivity index (χ0v) is 19.4. The maximum absolute atomic E-state index is 10.8. The number of hydrogen-bond donors (Lipinski definition) is 1. The Labute approximate surface area is 207 Å². The Bertz CT molecular complexity index is 1620. The lowest BCUT2D eigenvalue weighted by molar-refractivity contribution is 0.477. The topological polar surface area (TPSA) is 33.4 Å². The van der Waals surface area contributed by atoms with E-state index in [1.54, 1.807) is 18.2 Å².